The maximum Gasteiger partial charge on any atom is 0.205 e. The van der Waals surface area contributed by atoms with Crippen molar-refractivity contribution in [1.29, 1.82) is 0 Å². The van der Waals surface area contributed by atoms with Crippen molar-refractivity contribution in [2.24, 2.45) is 0 Å². The van der Waals surface area contributed by atoms with Gasteiger partial charge in [0.2, 0.25) is 23.2 Å². The highest BCUT2D eigenvalue weighted by molar-refractivity contribution is 6.48. The summed E-state index contributed by atoms with van der Waals surface area (Å²) in [6.07, 6.45) is 0. The molecule has 0 aromatic heterocycles. The van der Waals surface area contributed by atoms with Crippen LogP contribution in [0.4, 0.5) is 20.2 Å². The number of halogens is 4. The summed E-state index contributed by atoms with van der Waals surface area (Å²) in [5.74, 6) is -9.44. The monoisotopic (exact) mass is 636 g/mol. The van der Waals surface area contributed by atoms with Crippen LogP contribution in [0.1, 0.15) is 31.8 Å². The number of ketones is 2. The van der Waals surface area contributed by atoms with Gasteiger partial charge < -0.3 is 49.9 Å². The van der Waals surface area contributed by atoms with E-state index in [-0.39, 0.29) is 60.7 Å². The Kier molecular flexibility index (Phi) is 9.96. The fourth-order valence-corrected chi connectivity index (χ4v) is 5.30. The zero-order chi connectivity index (χ0) is 31.9. The highest BCUT2D eigenvalue weighted by Crippen LogP contribution is 2.51. The molecule has 0 amide bonds. The van der Waals surface area contributed by atoms with Crippen LogP contribution in [0, 0.1) is 22.0 Å². The van der Waals surface area contributed by atoms with Crippen LogP contribution >= 0.6 is 23.2 Å². The summed E-state index contributed by atoms with van der Waals surface area (Å²) in [5.41, 5.74) is -3.57. The molecule has 0 fully saturated rings. The molecule has 0 radical (unpaired) electrons. The number of benzene rings is 2. The Morgan fingerprint density at radius 3 is 1.24 bits per heavy atom. The van der Waals surface area contributed by atoms with Gasteiger partial charge in [-0.05, 0) is 0 Å². The molecule has 232 valence electrons. The molecular formula is C26H32Cl2F2N4O8. The maximum atomic E-state index is 14.5. The highest BCUT2D eigenvalue weighted by Gasteiger charge is 2.44. The number of nitrogens with zero attached hydrogens (tertiary/aromatic N) is 4. The zero-order valence-electron chi connectivity index (χ0n) is 23.4. The first-order valence-corrected chi connectivity index (χ1v) is 13.5. The number of likely N-dealkylation sites (N-methyl/N-ethyl adjacent to an activating group) is 2. The molecule has 12 nitrogen and oxygen atoms in total. The third-order valence-electron chi connectivity index (χ3n) is 6.76. The number of phenolic OH excluding ortho intramolecular Hbond substituents is 2. The molecule has 0 bridgehead atoms. The second-order valence-corrected chi connectivity index (χ2v) is 11.6. The van der Waals surface area contributed by atoms with Gasteiger partial charge in [0.15, 0.2) is 11.5 Å². The number of anilines is 2. The summed E-state index contributed by atoms with van der Waals surface area (Å²) >= 11 is 13.4. The minimum atomic E-state index is -1.97. The van der Waals surface area contributed by atoms with Gasteiger partial charge in [-0.15, -0.1) is 0 Å². The number of rotatable bonds is 12. The zero-order valence-corrected chi connectivity index (χ0v) is 24.9. The van der Waals surface area contributed by atoms with E-state index in [9.17, 15) is 49.2 Å². The lowest BCUT2D eigenvalue weighted by Gasteiger charge is -2.39. The number of aromatic hydroxyl groups is 2. The van der Waals surface area contributed by atoms with Crippen LogP contribution in [0.25, 0.3) is 0 Å². The molecule has 1 aliphatic carbocycles. The number of hydroxylamine groups is 6. The molecule has 2 aromatic rings. The lowest BCUT2D eigenvalue weighted by molar-refractivity contribution is -0.838. The molecule has 0 atom stereocenters. The molecule has 0 aliphatic heterocycles. The van der Waals surface area contributed by atoms with Crippen molar-refractivity contribution in [2.45, 2.75) is 0 Å². The van der Waals surface area contributed by atoms with Gasteiger partial charge in [0.25, 0.3) is 0 Å². The Morgan fingerprint density at radius 2 is 0.976 bits per heavy atom. The van der Waals surface area contributed by atoms with Crippen molar-refractivity contribution in [2.75, 3.05) is 90.5 Å². The van der Waals surface area contributed by atoms with E-state index < -0.39 is 79.5 Å². The van der Waals surface area contributed by atoms with Crippen molar-refractivity contribution in [3.05, 3.63) is 54.3 Å². The molecule has 16 heteroatoms. The van der Waals surface area contributed by atoms with Gasteiger partial charge in [-0.2, -0.15) is 8.78 Å². The first-order chi connectivity index (χ1) is 19.4. The van der Waals surface area contributed by atoms with E-state index in [0.29, 0.717) is 0 Å². The Hall–Kier alpha value is -2.82. The first kappa shape index (κ1) is 33.7. The normalized spacial score (nSPS) is 13.3. The largest absolute Gasteiger partial charge is 0.633 e. The summed E-state index contributed by atoms with van der Waals surface area (Å²) in [6.45, 7) is -1.87. The number of hydrogen-bond acceptors (Lipinski definition) is 10. The van der Waals surface area contributed by atoms with E-state index >= 15 is 0 Å². The maximum absolute atomic E-state index is 14.5. The number of carbonyl (C=O) groups excluding carboxylic acids is 2. The molecule has 1 aliphatic rings. The van der Waals surface area contributed by atoms with E-state index in [2.05, 4.69) is 0 Å². The fourth-order valence-electron chi connectivity index (χ4n) is 4.69. The summed E-state index contributed by atoms with van der Waals surface area (Å²) < 4.78 is 27.4. The average Bonchev–Trinajstić information content (AvgIpc) is 2.89. The average molecular weight is 637 g/mol. The van der Waals surface area contributed by atoms with E-state index in [1.807, 2.05) is 0 Å². The number of aliphatic hydroxyl groups is 2. The van der Waals surface area contributed by atoms with Crippen LogP contribution in [0.2, 0.25) is 10.0 Å². The minimum absolute atomic E-state index is 0.0950. The van der Waals surface area contributed by atoms with Gasteiger partial charge in [0, 0.05) is 13.1 Å². The Balaban J connectivity index is 2.48. The smallest absolute Gasteiger partial charge is 0.205 e. The van der Waals surface area contributed by atoms with Gasteiger partial charge in [-0.1, -0.05) is 23.2 Å². The molecule has 4 N–H and O–H groups in total. The standard InChI is InChI=1S/C26H32Cl2F2N4O8/c1-33(2,41)9-5-31(7-11-35)21-13-14(22(18(28)17(21)27)32(8-12-36)6-10-34(3,4)42)24(38)16-15(23(13)37)25(39)19(29)20(30)26(16)40/h35-36,39-40H,5-12H2,1-4H3. The number of hydrogen-bond donors (Lipinski definition) is 4. The van der Waals surface area contributed by atoms with E-state index in [0.717, 1.165) is 0 Å². The topological polar surface area (TPSA) is 168 Å². The number of aliphatic hydroxyl groups excluding tert-OH is 2. The molecule has 0 saturated carbocycles. The number of phenols is 2. The van der Waals surface area contributed by atoms with Crippen LogP contribution in [0.15, 0.2) is 0 Å². The van der Waals surface area contributed by atoms with Gasteiger partial charge in [0.1, 0.15) is 0 Å². The predicted molar refractivity (Wildman–Crippen MR) is 152 cm³/mol. The van der Waals surface area contributed by atoms with Gasteiger partial charge in [0.05, 0.1) is 111 Å². The van der Waals surface area contributed by atoms with Crippen LogP contribution in [-0.4, -0.2) is 122 Å². The number of fused-ring (bicyclic) bond motifs is 2. The molecule has 0 saturated heterocycles. The van der Waals surface area contributed by atoms with Crippen molar-refractivity contribution in [1.82, 2.24) is 0 Å². The molecule has 42 heavy (non-hydrogen) atoms. The Bertz CT molecular complexity index is 1310. The highest BCUT2D eigenvalue weighted by atomic mass is 35.5. The summed E-state index contributed by atoms with van der Waals surface area (Å²) in [7, 11) is 5.37. The summed E-state index contributed by atoms with van der Waals surface area (Å²) in [6, 6.07) is 0. The van der Waals surface area contributed by atoms with Crippen LogP contribution < -0.4 is 9.80 Å². The molecule has 0 spiro atoms. The Labute approximate surface area is 250 Å². The van der Waals surface area contributed by atoms with Crippen molar-refractivity contribution in [3.63, 3.8) is 0 Å². The lowest BCUT2D eigenvalue weighted by atomic mass is 9.80. The molecule has 0 unspecified atom stereocenters. The van der Waals surface area contributed by atoms with Crippen molar-refractivity contribution in [3.8, 4) is 11.5 Å². The van der Waals surface area contributed by atoms with E-state index in [1.165, 1.54) is 38.0 Å². The summed E-state index contributed by atoms with van der Waals surface area (Å²) in [5, 5.41) is 64.5. The molecular weight excluding hydrogens is 605 g/mol. The predicted octanol–water partition coefficient (Wildman–Crippen LogP) is 2.20. The number of quaternary nitrogens is 2. The Morgan fingerprint density at radius 1 is 0.667 bits per heavy atom. The minimum Gasteiger partial charge on any atom is -0.633 e. The number of carbonyl (C=O) groups is 2. The fraction of sp³-hybridized carbons (Fsp3) is 0.462. The van der Waals surface area contributed by atoms with E-state index in [4.69, 9.17) is 23.2 Å². The first-order valence-electron chi connectivity index (χ1n) is 12.7. The SMILES string of the molecule is C[N+](C)([O-])CCN(CCO)c1c(Cl)c(Cl)c(N(CCO)CC[N+](C)(C)[O-])c2c1C(=O)c1c(O)c(F)c(F)c(O)c1C2=O. The second-order valence-electron chi connectivity index (χ2n) is 10.8. The van der Waals surface area contributed by atoms with Gasteiger partial charge in [-0.25, -0.2) is 0 Å². The van der Waals surface area contributed by atoms with Crippen molar-refractivity contribution < 1.29 is 48.1 Å². The van der Waals surface area contributed by atoms with E-state index in [1.54, 1.807) is 0 Å². The lowest BCUT2D eigenvalue weighted by Crippen LogP contribution is -2.44. The van der Waals surface area contributed by atoms with Gasteiger partial charge in [-0.3, -0.25) is 9.59 Å². The molecule has 0 heterocycles. The quantitative estimate of drug-likeness (QED) is 0.131. The third-order valence-corrected chi connectivity index (χ3v) is 7.59. The summed E-state index contributed by atoms with van der Waals surface area (Å²) in [4.78, 5) is 30.7. The van der Waals surface area contributed by atoms with Crippen LogP contribution in [0.3, 0.4) is 0 Å². The van der Waals surface area contributed by atoms with Crippen LogP contribution in [0.5, 0.6) is 11.5 Å². The van der Waals surface area contributed by atoms with Crippen LogP contribution in [-0.2, 0) is 0 Å². The molecule has 3 rings (SSSR count). The van der Waals surface area contributed by atoms with Gasteiger partial charge >= 0.3 is 0 Å². The second kappa shape index (κ2) is 12.4. The van der Waals surface area contributed by atoms with Crippen molar-refractivity contribution >= 4 is 46.1 Å². The third kappa shape index (κ3) is 6.40. The molecule has 2 aromatic carbocycles.